The maximum Gasteiger partial charge on any atom is 0.0991 e. The summed E-state index contributed by atoms with van der Waals surface area (Å²) in [5.74, 6) is 0. The number of aromatic nitrogens is 1. The van der Waals surface area contributed by atoms with E-state index in [0.717, 1.165) is 17.7 Å². The number of hydrogen-bond donors (Lipinski definition) is 1. The molecule has 1 unspecified atom stereocenters. The number of nitriles is 1. The maximum absolute atomic E-state index is 8.83. The van der Waals surface area contributed by atoms with Gasteiger partial charge >= 0.3 is 0 Å². The number of hydrogen-bond acceptors (Lipinski definition) is 2. The molecule has 0 amide bonds. The summed E-state index contributed by atoms with van der Waals surface area (Å²) in [4.78, 5) is 0. The molecule has 0 saturated heterocycles. The zero-order valence-electron chi connectivity index (χ0n) is 9.80. The van der Waals surface area contributed by atoms with Crippen LogP contribution in [0.5, 0.6) is 0 Å². The van der Waals surface area contributed by atoms with Crippen LogP contribution in [0.15, 0.2) is 42.7 Å². The van der Waals surface area contributed by atoms with Crippen molar-refractivity contribution < 1.29 is 0 Å². The molecule has 0 aliphatic carbocycles. The van der Waals surface area contributed by atoms with E-state index in [4.69, 9.17) is 11.0 Å². The summed E-state index contributed by atoms with van der Waals surface area (Å²) in [6, 6.07) is 11.9. The van der Waals surface area contributed by atoms with Gasteiger partial charge in [0.2, 0.25) is 0 Å². The van der Waals surface area contributed by atoms with E-state index in [2.05, 4.69) is 10.6 Å². The molecular weight excluding hydrogens is 210 g/mol. The summed E-state index contributed by atoms with van der Waals surface area (Å²) in [6.07, 6.45) is 4.06. The highest BCUT2D eigenvalue weighted by atomic mass is 14.9. The summed E-state index contributed by atoms with van der Waals surface area (Å²) in [6.45, 7) is 2.73. The topological polar surface area (TPSA) is 54.7 Å². The van der Waals surface area contributed by atoms with Crippen molar-refractivity contribution in [2.45, 2.75) is 19.5 Å². The zero-order chi connectivity index (χ0) is 12.3. The van der Waals surface area contributed by atoms with E-state index in [1.165, 1.54) is 0 Å². The van der Waals surface area contributed by atoms with E-state index in [1.54, 1.807) is 0 Å². The fraction of sp³-hybridized carbons (Fsp3) is 0.214. The molecule has 2 N–H and O–H groups in total. The first-order valence-corrected chi connectivity index (χ1v) is 5.59. The first-order chi connectivity index (χ1) is 8.19. The van der Waals surface area contributed by atoms with Crippen molar-refractivity contribution in [1.82, 2.24) is 4.57 Å². The van der Waals surface area contributed by atoms with Crippen molar-refractivity contribution in [1.29, 1.82) is 5.26 Å². The number of nitrogens with zero attached hydrogens (tertiary/aromatic N) is 2. The van der Waals surface area contributed by atoms with Crippen LogP contribution in [0.3, 0.4) is 0 Å². The van der Waals surface area contributed by atoms with E-state index < -0.39 is 0 Å². The van der Waals surface area contributed by atoms with Crippen molar-refractivity contribution >= 4 is 0 Å². The second-order valence-electron chi connectivity index (χ2n) is 4.22. The second-order valence-corrected chi connectivity index (χ2v) is 4.22. The Hall–Kier alpha value is -2.05. The van der Waals surface area contributed by atoms with E-state index >= 15 is 0 Å². The van der Waals surface area contributed by atoms with Gasteiger partial charge in [0.25, 0.3) is 0 Å². The van der Waals surface area contributed by atoms with Crippen LogP contribution in [0.2, 0.25) is 0 Å². The van der Waals surface area contributed by atoms with Gasteiger partial charge in [-0.05, 0) is 36.2 Å². The van der Waals surface area contributed by atoms with Crippen LogP contribution >= 0.6 is 0 Å². The Morgan fingerprint density at radius 3 is 2.88 bits per heavy atom. The van der Waals surface area contributed by atoms with E-state index in [1.807, 2.05) is 49.6 Å². The third kappa shape index (κ3) is 2.74. The Labute approximate surface area is 101 Å². The predicted octanol–water partition coefficient (Wildman–Crippen LogP) is 2.43. The lowest BCUT2D eigenvalue weighted by atomic mass is 10.1. The quantitative estimate of drug-likeness (QED) is 0.872. The van der Waals surface area contributed by atoms with Crippen LogP contribution in [0.25, 0.3) is 0 Å². The zero-order valence-corrected chi connectivity index (χ0v) is 9.80. The van der Waals surface area contributed by atoms with Gasteiger partial charge in [0, 0.05) is 25.0 Å². The standard InChI is InChI=1S/C14H15N3/c1-11(16)14-5-6-17(10-14)9-13-4-2-3-12(7-13)8-15/h2-7,10-11H,9,16H2,1H3. The Kier molecular flexibility index (Phi) is 3.27. The van der Waals surface area contributed by atoms with Crippen LogP contribution in [0.4, 0.5) is 0 Å². The molecule has 86 valence electrons. The molecule has 1 aromatic carbocycles. The van der Waals surface area contributed by atoms with Crippen LogP contribution in [0, 0.1) is 11.3 Å². The molecule has 1 aromatic heterocycles. The molecule has 0 bridgehead atoms. The van der Waals surface area contributed by atoms with Crippen molar-refractivity contribution in [3.05, 3.63) is 59.4 Å². The average Bonchev–Trinajstić information content (AvgIpc) is 2.78. The molecule has 0 spiro atoms. The summed E-state index contributed by atoms with van der Waals surface area (Å²) < 4.78 is 2.08. The summed E-state index contributed by atoms with van der Waals surface area (Å²) in [5, 5.41) is 8.83. The minimum Gasteiger partial charge on any atom is -0.350 e. The van der Waals surface area contributed by atoms with Crippen molar-refractivity contribution in [3.63, 3.8) is 0 Å². The van der Waals surface area contributed by atoms with Crippen molar-refractivity contribution in [2.75, 3.05) is 0 Å². The molecule has 1 heterocycles. The Morgan fingerprint density at radius 1 is 1.41 bits per heavy atom. The van der Waals surface area contributed by atoms with Gasteiger partial charge in [-0.1, -0.05) is 12.1 Å². The van der Waals surface area contributed by atoms with E-state index in [9.17, 15) is 0 Å². The van der Waals surface area contributed by atoms with Gasteiger partial charge in [-0.25, -0.2) is 0 Å². The molecule has 17 heavy (non-hydrogen) atoms. The van der Waals surface area contributed by atoms with Gasteiger partial charge in [0.15, 0.2) is 0 Å². The highest BCUT2D eigenvalue weighted by Gasteiger charge is 2.02. The van der Waals surface area contributed by atoms with Crippen LogP contribution < -0.4 is 5.73 Å². The molecule has 0 aliphatic rings. The molecule has 1 atom stereocenters. The fourth-order valence-corrected chi connectivity index (χ4v) is 1.78. The van der Waals surface area contributed by atoms with Crippen LogP contribution in [-0.4, -0.2) is 4.57 Å². The molecule has 0 saturated carbocycles. The lowest BCUT2D eigenvalue weighted by molar-refractivity contribution is 0.777. The summed E-state index contributed by atoms with van der Waals surface area (Å²) >= 11 is 0. The van der Waals surface area contributed by atoms with Crippen molar-refractivity contribution in [2.24, 2.45) is 5.73 Å². The van der Waals surface area contributed by atoms with Gasteiger partial charge in [-0.3, -0.25) is 0 Å². The van der Waals surface area contributed by atoms with Gasteiger partial charge in [-0.2, -0.15) is 5.26 Å². The molecule has 2 rings (SSSR count). The minimum atomic E-state index is 0.0571. The molecule has 3 nitrogen and oxygen atoms in total. The van der Waals surface area contributed by atoms with Crippen LogP contribution in [0.1, 0.15) is 29.7 Å². The van der Waals surface area contributed by atoms with E-state index in [0.29, 0.717) is 5.56 Å². The molecule has 0 fully saturated rings. The Morgan fingerprint density at radius 2 is 2.24 bits per heavy atom. The summed E-state index contributed by atoms with van der Waals surface area (Å²) in [7, 11) is 0. The third-order valence-corrected chi connectivity index (χ3v) is 2.72. The number of rotatable bonds is 3. The maximum atomic E-state index is 8.83. The number of nitrogens with two attached hydrogens (primary N) is 1. The largest absolute Gasteiger partial charge is 0.350 e. The fourth-order valence-electron chi connectivity index (χ4n) is 1.78. The first kappa shape index (κ1) is 11.4. The Balaban J connectivity index is 2.17. The summed E-state index contributed by atoms with van der Waals surface area (Å²) in [5.41, 5.74) is 8.75. The molecule has 0 aliphatic heterocycles. The van der Waals surface area contributed by atoms with Gasteiger partial charge < -0.3 is 10.3 Å². The van der Waals surface area contributed by atoms with Gasteiger partial charge in [0.05, 0.1) is 11.6 Å². The molecule has 2 aromatic rings. The first-order valence-electron chi connectivity index (χ1n) is 5.59. The Bertz CT molecular complexity index is 547. The predicted molar refractivity (Wildman–Crippen MR) is 67.3 cm³/mol. The number of benzene rings is 1. The SMILES string of the molecule is CC(N)c1ccn(Cc2cccc(C#N)c2)c1. The van der Waals surface area contributed by atoms with Gasteiger partial charge in [0.1, 0.15) is 0 Å². The monoisotopic (exact) mass is 225 g/mol. The third-order valence-electron chi connectivity index (χ3n) is 2.72. The smallest absolute Gasteiger partial charge is 0.0991 e. The highest BCUT2D eigenvalue weighted by Crippen LogP contribution is 2.12. The molecule has 0 radical (unpaired) electrons. The average molecular weight is 225 g/mol. The molecular formula is C14H15N3. The highest BCUT2D eigenvalue weighted by molar-refractivity contribution is 5.33. The lowest BCUT2D eigenvalue weighted by Gasteiger charge is -2.04. The van der Waals surface area contributed by atoms with Gasteiger partial charge in [-0.15, -0.1) is 0 Å². The van der Waals surface area contributed by atoms with E-state index in [-0.39, 0.29) is 6.04 Å². The van der Waals surface area contributed by atoms with Crippen LogP contribution in [-0.2, 0) is 6.54 Å². The minimum absolute atomic E-state index is 0.0571. The normalized spacial score (nSPS) is 12.1. The van der Waals surface area contributed by atoms with Crippen molar-refractivity contribution in [3.8, 4) is 6.07 Å². The second kappa shape index (κ2) is 4.86. The molecule has 3 heteroatoms. The lowest BCUT2D eigenvalue weighted by Crippen LogP contribution is -2.04.